The van der Waals surface area contributed by atoms with E-state index in [4.69, 9.17) is 11.6 Å². The number of aromatic nitrogens is 4. The molecule has 1 aliphatic heterocycles. The molecule has 106 valence electrons. The lowest BCUT2D eigenvalue weighted by atomic mass is 10.1. The Balaban J connectivity index is 1.59. The van der Waals surface area contributed by atoms with Gasteiger partial charge in [-0.05, 0) is 19.1 Å². The van der Waals surface area contributed by atoms with Gasteiger partial charge in [-0.1, -0.05) is 23.7 Å². The van der Waals surface area contributed by atoms with Gasteiger partial charge in [0, 0.05) is 13.1 Å². The molecule has 1 aromatic carbocycles. The van der Waals surface area contributed by atoms with E-state index in [9.17, 15) is 0 Å². The maximum Gasteiger partial charge on any atom is 0.225 e. The Hall–Kier alpha value is -2.14. The molecule has 5 nitrogen and oxygen atoms in total. The largest absolute Gasteiger partial charge is 0.337 e. The fourth-order valence-electron chi connectivity index (χ4n) is 2.88. The number of imidazole rings is 1. The van der Waals surface area contributed by atoms with Gasteiger partial charge in [-0.25, -0.2) is 15.0 Å². The maximum absolute atomic E-state index is 5.82. The van der Waals surface area contributed by atoms with E-state index in [0.29, 0.717) is 11.1 Å². The summed E-state index contributed by atoms with van der Waals surface area (Å²) in [6.07, 6.45) is 3.27. The minimum atomic E-state index is 0.414. The molecule has 1 saturated heterocycles. The highest BCUT2D eigenvalue weighted by Crippen LogP contribution is 2.29. The number of halogens is 1. The number of aryl methyl sites for hydroxylation is 1. The van der Waals surface area contributed by atoms with E-state index in [1.807, 2.05) is 6.07 Å². The van der Waals surface area contributed by atoms with E-state index in [-0.39, 0.29) is 0 Å². The van der Waals surface area contributed by atoms with Crippen LogP contribution in [0, 0.1) is 6.92 Å². The third-order valence-electron chi connectivity index (χ3n) is 3.89. The normalized spacial score (nSPS) is 15.4. The van der Waals surface area contributed by atoms with Crippen LogP contribution in [-0.2, 0) is 0 Å². The Bertz CT molecular complexity index is 789. The van der Waals surface area contributed by atoms with Crippen molar-refractivity contribution in [3.63, 3.8) is 0 Å². The van der Waals surface area contributed by atoms with Gasteiger partial charge in [0.25, 0.3) is 0 Å². The molecule has 0 atom stereocenters. The van der Waals surface area contributed by atoms with Crippen LogP contribution < -0.4 is 4.90 Å². The second-order valence-corrected chi connectivity index (χ2v) is 5.71. The lowest BCUT2D eigenvalue weighted by molar-refractivity contribution is 0.396. The highest BCUT2D eigenvalue weighted by molar-refractivity contribution is 6.30. The molecule has 2 aromatic heterocycles. The van der Waals surface area contributed by atoms with Gasteiger partial charge in [0.2, 0.25) is 5.95 Å². The smallest absolute Gasteiger partial charge is 0.225 e. The van der Waals surface area contributed by atoms with Gasteiger partial charge in [0.1, 0.15) is 5.82 Å². The molecule has 3 heterocycles. The van der Waals surface area contributed by atoms with Gasteiger partial charge in [-0.2, -0.15) is 0 Å². The maximum atomic E-state index is 5.82. The molecule has 0 unspecified atom stereocenters. The highest BCUT2D eigenvalue weighted by atomic mass is 35.5. The Morgan fingerprint density at radius 1 is 1.14 bits per heavy atom. The van der Waals surface area contributed by atoms with E-state index in [0.717, 1.165) is 30.4 Å². The van der Waals surface area contributed by atoms with Crippen molar-refractivity contribution in [3.8, 4) is 0 Å². The topological polar surface area (TPSA) is 46.8 Å². The summed E-state index contributed by atoms with van der Waals surface area (Å²) in [6.45, 7) is 3.84. The Kier molecular flexibility index (Phi) is 2.82. The van der Waals surface area contributed by atoms with E-state index in [2.05, 4.69) is 49.5 Å². The van der Waals surface area contributed by atoms with Crippen molar-refractivity contribution in [1.82, 2.24) is 19.5 Å². The molecular weight excluding hydrogens is 286 g/mol. The second-order valence-electron chi connectivity index (χ2n) is 5.28. The standard InChI is InChI=1S/C15H14ClN5/c1-10-19-13-4-2-3-5-14(13)21(10)12-8-20(9-12)15-17-6-11(16)7-18-15/h2-7,12H,8-9H2,1H3. The summed E-state index contributed by atoms with van der Waals surface area (Å²) in [5, 5.41) is 0.562. The number of anilines is 1. The predicted octanol–water partition coefficient (Wildman–Crippen LogP) is 2.85. The average molecular weight is 300 g/mol. The monoisotopic (exact) mass is 299 g/mol. The van der Waals surface area contributed by atoms with Crippen molar-refractivity contribution in [2.75, 3.05) is 18.0 Å². The molecule has 6 heteroatoms. The summed E-state index contributed by atoms with van der Waals surface area (Å²) in [5.74, 6) is 1.79. The van der Waals surface area contributed by atoms with Crippen molar-refractivity contribution in [1.29, 1.82) is 0 Å². The molecule has 0 bridgehead atoms. The summed E-state index contributed by atoms with van der Waals surface area (Å²) in [7, 11) is 0. The van der Waals surface area contributed by atoms with Gasteiger partial charge in [0.15, 0.2) is 0 Å². The van der Waals surface area contributed by atoms with Crippen molar-refractivity contribution >= 4 is 28.6 Å². The fourth-order valence-corrected chi connectivity index (χ4v) is 2.97. The Morgan fingerprint density at radius 3 is 2.62 bits per heavy atom. The molecule has 1 fully saturated rings. The predicted molar refractivity (Wildman–Crippen MR) is 82.8 cm³/mol. The summed E-state index contributed by atoms with van der Waals surface area (Å²) < 4.78 is 2.31. The molecule has 0 saturated carbocycles. The van der Waals surface area contributed by atoms with Crippen molar-refractivity contribution < 1.29 is 0 Å². The zero-order chi connectivity index (χ0) is 14.4. The molecule has 1 aliphatic rings. The highest BCUT2D eigenvalue weighted by Gasteiger charge is 2.31. The molecule has 3 aromatic rings. The van der Waals surface area contributed by atoms with Crippen LogP contribution in [0.4, 0.5) is 5.95 Å². The van der Waals surface area contributed by atoms with Crippen LogP contribution in [-0.4, -0.2) is 32.6 Å². The van der Waals surface area contributed by atoms with Crippen LogP contribution in [0.15, 0.2) is 36.7 Å². The van der Waals surface area contributed by atoms with Crippen LogP contribution in [0.5, 0.6) is 0 Å². The van der Waals surface area contributed by atoms with Crippen LogP contribution >= 0.6 is 11.6 Å². The van der Waals surface area contributed by atoms with Gasteiger partial charge in [-0.15, -0.1) is 0 Å². The molecule has 0 spiro atoms. The van der Waals surface area contributed by atoms with E-state index in [1.165, 1.54) is 5.52 Å². The van der Waals surface area contributed by atoms with Crippen LogP contribution in [0.2, 0.25) is 5.02 Å². The first-order valence-corrected chi connectivity index (χ1v) is 7.26. The first-order chi connectivity index (χ1) is 10.2. The first kappa shape index (κ1) is 12.6. The zero-order valence-corrected chi connectivity index (χ0v) is 12.3. The second kappa shape index (κ2) is 4.70. The fraction of sp³-hybridized carbons (Fsp3) is 0.267. The third kappa shape index (κ3) is 2.05. The number of para-hydroxylation sites is 2. The van der Waals surface area contributed by atoms with Crippen molar-refractivity contribution in [2.24, 2.45) is 0 Å². The van der Waals surface area contributed by atoms with E-state index >= 15 is 0 Å². The van der Waals surface area contributed by atoms with Gasteiger partial charge >= 0.3 is 0 Å². The summed E-state index contributed by atoms with van der Waals surface area (Å²) in [5.41, 5.74) is 2.24. The average Bonchev–Trinajstić information content (AvgIpc) is 2.76. The van der Waals surface area contributed by atoms with Crippen molar-refractivity contribution in [2.45, 2.75) is 13.0 Å². The van der Waals surface area contributed by atoms with Gasteiger partial charge < -0.3 is 9.47 Å². The van der Waals surface area contributed by atoms with Crippen molar-refractivity contribution in [3.05, 3.63) is 47.5 Å². The first-order valence-electron chi connectivity index (χ1n) is 6.88. The van der Waals surface area contributed by atoms with Gasteiger partial charge in [-0.3, -0.25) is 0 Å². The summed E-state index contributed by atoms with van der Waals surface area (Å²) >= 11 is 5.82. The molecule has 21 heavy (non-hydrogen) atoms. The molecule has 4 rings (SSSR count). The number of hydrogen-bond acceptors (Lipinski definition) is 4. The Morgan fingerprint density at radius 2 is 1.86 bits per heavy atom. The summed E-state index contributed by atoms with van der Waals surface area (Å²) in [6, 6.07) is 8.66. The quantitative estimate of drug-likeness (QED) is 0.730. The number of rotatable bonds is 2. The van der Waals surface area contributed by atoms with E-state index in [1.54, 1.807) is 12.4 Å². The number of benzene rings is 1. The van der Waals surface area contributed by atoms with Crippen LogP contribution in [0.1, 0.15) is 11.9 Å². The number of nitrogens with zero attached hydrogens (tertiary/aromatic N) is 5. The molecule has 0 N–H and O–H groups in total. The van der Waals surface area contributed by atoms with Crippen LogP contribution in [0.25, 0.3) is 11.0 Å². The summed E-state index contributed by atoms with van der Waals surface area (Å²) in [4.78, 5) is 15.3. The lowest BCUT2D eigenvalue weighted by Gasteiger charge is -2.40. The SMILES string of the molecule is Cc1nc2ccccc2n1C1CN(c2ncc(Cl)cn2)C1. The minimum Gasteiger partial charge on any atom is -0.337 e. The number of fused-ring (bicyclic) bond motifs is 1. The molecule has 0 amide bonds. The van der Waals surface area contributed by atoms with Crippen LogP contribution in [0.3, 0.4) is 0 Å². The molecular formula is C15H14ClN5. The number of hydrogen-bond donors (Lipinski definition) is 0. The van der Waals surface area contributed by atoms with E-state index < -0.39 is 0 Å². The lowest BCUT2D eigenvalue weighted by Crippen LogP contribution is -2.48. The minimum absolute atomic E-state index is 0.414. The molecule has 0 aliphatic carbocycles. The molecule has 0 radical (unpaired) electrons. The third-order valence-corrected chi connectivity index (χ3v) is 4.08. The zero-order valence-electron chi connectivity index (χ0n) is 11.6. The Labute approximate surface area is 127 Å². The van der Waals surface area contributed by atoms with Gasteiger partial charge in [0.05, 0.1) is 34.5 Å².